The number of halogens is 1. The lowest BCUT2D eigenvalue weighted by Crippen LogP contribution is -3.18. The SMILES string of the molecule is C[C@H]1CCC[C@H]([NH+]2CCN(c3ccccc3F)CC2)C1. The average Bonchev–Trinajstić information content (AvgIpc) is 2.48. The van der Waals surface area contributed by atoms with Crippen molar-refractivity contribution >= 4 is 5.69 Å². The molecule has 0 radical (unpaired) electrons. The van der Waals surface area contributed by atoms with Gasteiger partial charge in [0.05, 0.1) is 37.9 Å². The molecule has 3 heteroatoms. The average molecular weight is 277 g/mol. The summed E-state index contributed by atoms with van der Waals surface area (Å²) in [6.07, 6.45) is 5.58. The summed E-state index contributed by atoms with van der Waals surface area (Å²) in [6, 6.07) is 8.02. The van der Waals surface area contributed by atoms with Crippen LogP contribution in [0.1, 0.15) is 32.6 Å². The highest BCUT2D eigenvalue weighted by Crippen LogP contribution is 2.23. The number of nitrogens with one attached hydrogen (secondary N) is 1. The summed E-state index contributed by atoms with van der Waals surface area (Å²) in [4.78, 5) is 3.97. The number of rotatable bonds is 2. The Morgan fingerprint density at radius 3 is 2.60 bits per heavy atom. The third kappa shape index (κ3) is 2.98. The Labute approximate surface area is 121 Å². The molecule has 110 valence electrons. The van der Waals surface area contributed by atoms with Crippen molar-refractivity contribution in [1.29, 1.82) is 0 Å². The van der Waals surface area contributed by atoms with E-state index in [9.17, 15) is 4.39 Å². The molecule has 1 saturated carbocycles. The smallest absolute Gasteiger partial charge is 0.146 e. The Morgan fingerprint density at radius 2 is 1.90 bits per heavy atom. The van der Waals surface area contributed by atoms with Crippen molar-refractivity contribution < 1.29 is 9.29 Å². The summed E-state index contributed by atoms with van der Waals surface area (Å²) >= 11 is 0. The Hall–Kier alpha value is -1.09. The van der Waals surface area contributed by atoms with Gasteiger partial charge in [0.2, 0.25) is 0 Å². The lowest BCUT2D eigenvalue weighted by atomic mass is 9.86. The topological polar surface area (TPSA) is 7.68 Å². The first kappa shape index (κ1) is 13.9. The molecular formula is C17H26FN2+. The maximum absolute atomic E-state index is 13.8. The second-order valence-corrected chi connectivity index (χ2v) is 6.57. The highest BCUT2D eigenvalue weighted by molar-refractivity contribution is 5.47. The Morgan fingerprint density at radius 1 is 1.15 bits per heavy atom. The van der Waals surface area contributed by atoms with Gasteiger partial charge in [-0.1, -0.05) is 25.5 Å². The zero-order chi connectivity index (χ0) is 13.9. The fourth-order valence-electron chi connectivity index (χ4n) is 3.96. The highest BCUT2D eigenvalue weighted by Gasteiger charge is 2.31. The molecule has 0 bridgehead atoms. The summed E-state index contributed by atoms with van der Waals surface area (Å²) in [5, 5.41) is 0. The fourth-order valence-corrected chi connectivity index (χ4v) is 3.96. The summed E-state index contributed by atoms with van der Waals surface area (Å²) in [5.74, 6) is 0.813. The molecule has 2 fully saturated rings. The summed E-state index contributed by atoms with van der Waals surface area (Å²) in [5.41, 5.74) is 0.781. The van der Waals surface area contributed by atoms with Crippen LogP contribution in [0.5, 0.6) is 0 Å². The van der Waals surface area contributed by atoms with Crippen LogP contribution in [-0.4, -0.2) is 32.2 Å². The molecule has 2 atom stereocenters. The first-order valence-corrected chi connectivity index (χ1v) is 8.08. The minimum Gasteiger partial charge on any atom is -0.358 e. The van der Waals surface area contributed by atoms with Crippen molar-refractivity contribution in [3.63, 3.8) is 0 Å². The zero-order valence-electron chi connectivity index (χ0n) is 12.4. The van der Waals surface area contributed by atoms with Crippen LogP contribution in [0.25, 0.3) is 0 Å². The summed E-state index contributed by atoms with van der Waals surface area (Å²) < 4.78 is 13.8. The van der Waals surface area contributed by atoms with E-state index in [-0.39, 0.29) is 5.82 Å². The van der Waals surface area contributed by atoms with Crippen molar-refractivity contribution in [2.45, 2.75) is 38.6 Å². The van der Waals surface area contributed by atoms with Gasteiger partial charge in [0.15, 0.2) is 0 Å². The largest absolute Gasteiger partial charge is 0.358 e. The van der Waals surface area contributed by atoms with Gasteiger partial charge in [0.1, 0.15) is 5.82 Å². The first-order valence-electron chi connectivity index (χ1n) is 8.08. The molecule has 1 aliphatic heterocycles. The van der Waals surface area contributed by atoms with Crippen LogP contribution in [0.3, 0.4) is 0 Å². The Kier molecular flexibility index (Phi) is 4.25. The van der Waals surface area contributed by atoms with Crippen LogP contribution in [-0.2, 0) is 0 Å². The molecule has 3 rings (SSSR count). The molecule has 1 saturated heterocycles. The number of hydrogen-bond acceptors (Lipinski definition) is 1. The molecule has 1 aromatic rings. The number of nitrogens with zero attached hydrogens (tertiary/aromatic N) is 1. The van der Waals surface area contributed by atoms with Gasteiger partial charge in [0, 0.05) is 6.42 Å². The molecule has 1 N–H and O–H groups in total. The number of para-hydroxylation sites is 1. The van der Waals surface area contributed by atoms with E-state index in [0.717, 1.165) is 43.8 Å². The standard InChI is InChI=1S/C17H25FN2/c1-14-5-4-6-15(13-14)19-9-11-20(12-10-19)17-8-3-2-7-16(17)18/h2-3,7-8,14-15H,4-6,9-13H2,1H3/p+1/t14-,15-/m0/s1. The van der Waals surface area contributed by atoms with E-state index in [1.807, 2.05) is 12.1 Å². The number of hydrogen-bond donors (Lipinski definition) is 1. The molecule has 20 heavy (non-hydrogen) atoms. The monoisotopic (exact) mass is 277 g/mol. The lowest BCUT2D eigenvalue weighted by Gasteiger charge is -2.40. The number of piperazine rings is 1. The van der Waals surface area contributed by atoms with Gasteiger partial charge in [-0.05, 0) is 30.9 Å². The van der Waals surface area contributed by atoms with Gasteiger partial charge in [-0.15, -0.1) is 0 Å². The lowest BCUT2D eigenvalue weighted by molar-refractivity contribution is -0.927. The van der Waals surface area contributed by atoms with Crippen LogP contribution in [0.2, 0.25) is 0 Å². The molecule has 0 amide bonds. The molecule has 2 nitrogen and oxygen atoms in total. The van der Waals surface area contributed by atoms with E-state index in [2.05, 4.69) is 11.8 Å². The predicted octanol–water partition coefficient (Wildman–Crippen LogP) is 2.11. The quantitative estimate of drug-likeness (QED) is 0.870. The number of benzene rings is 1. The minimum absolute atomic E-state index is 0.0813. The number of quaternary nitrogens is 1. The zero-order valence-corrected chi connectivity index (χ0v) is 12.4. The van der Waals surface area contributed by atoms with Gasteiger partial charge in [-0.2, -0.15) is 0 Å². The van der Waals surface area contributed by atoms with E-state index in [1.54, 1.807) is 17.0 Å². The normalized spacial score (nSPS) is 28.6. The predicted molar refractivity (Wildman–Crippen MR) is 80.7 cm³/mol. The third-order valence-electron chi connectivity index (χ3n) is 5.11. The van der Waals surface area contributed by atoms with Gasteiger partial charge < -0.3 is 9.80 Å². The maximum atomic E-state index is 13.8. The van der Waals surface area contributed by atoms with Crippen LogP contribution in [0.15, 0.2) is 24.3 Å². The molecule has 0 spiro atoms. The van der Waals surface area contributed by atoms with Crippen molar-refractivity contribution in [3.8, 4) is 0 Å². The van der Waals surface area contributed by atoms with E-state index in [4.69, 9.17) is 0 Å². The molecule has 1 aromatic carbocycles. The van der Waals surface area contributed by atoms with E-state index >= 15 is 0 Å². The van der Waals surface area contributed by atoms with Crippen molar-refractivity contribution in [2.24, 2.45) is 5.92 Å². The first-order chi connectivity index (χ1) is 9.74. The van der Waals surface area contributed by atoms with E-state index in [0.29, 0.717) is 0 Å². The molecule has 1 heterocycles. The van der Waals surface area contributed by atoms with Crippen LogP contribution >= 0.6 is 0 Å². The molecule has 0 aromatic heterocycles. The Balaban J connectivity index is 1.58. The molecule has 0 unspecified atom stereocenters. The van der Waals surface area contributed by atoms with Crippen LogP contribution in [0, 0.1) is 11.7 Å². The molecule has 2 aliphatic rings. The van der Waals surface area contributed by atoms with Gasteiger partial charge >= 0.3 is 0 Å². The third-order valence-corrected chi connectivity index (χ3v) is 5.11. The second-order valence-electron chi connectivity index (χ2n) is 6.57. The van der Waals surface area contributed by atoms with Crippen LogP contribution < -0.4 is 9.80 Å². The Bertz CT molecular complexity index is 440. The number of anilines is 1. The van der Waals surface area contributed by atoms with Crippen molar-refractivity contribution in [1.82, 2.24) is 0 Å². The van der Waals surface area contributed by atoms with E-state index in [1.165, 1.54) is 25.7 Å². The summed E-state index contributed by atoms with van der Waals surface area (Å²) in [6.45, 7) is 6.68. The van der Waals surface area contributed by atoms with Gasteiger partial charge in [-0.25, -0.2) is 4.39 Å². The van der Waals surface area contributed by atoms with E-state index < -0.39 is 0 Å². The van der Waals surface area contributed by atoms with Gasteiger partial charge in [0.25, 0.3) is 0 Å². The second kappa shape index (κ2) is 6.13. The maximum Gasteiger partial charge on any atom is 0.146 e. The summed E-state index contributed by atoms with van der Waals surface area (Å²) in [7, 11) is 0. The molecular weight excluding hydrogens is 251 g/mol. The van der Waals surface area contributed by atoms with Crippen molar-refractivity contribution in [2.75, 3.05) is 31.1 Å². The molecule has 1 aliphatic carbocycles. The van der Waals surface area contributed by atoms with Gasteiger partial charge in [-0.3, -0.25) is 0 Å². The van der Waals surface area contributed by atoms with Crippen molar-refractivity contribution in [3.05, 3.63) is 30.1 Å². The minimum atomic E-state index is -0.0813. The van der Waals surface area contributed by atoms with Crippen LogP contribution in [0.4, 0.5) is 10.1 Å². The fraction of sp³-hybridized carbons (Fsp3) is 0.647. The highest BCUT2D eigenvalue weighted by atomic mass is 19.1.